The Morgan fingerprint density at radius 3 is 2.33 bits per heavy atom. The molecule has 4 rings (SSSR count). The lowest BCUT2D eigenvalue weighted by molar-refractivity contribution is -0.125. The van der Waals surface area contributed by atoms with Crippen LogP contribution in [-0.2, 0) is 4.79 Å². The van der Waals surface area contributed by atoms with Gasteiger partial charge in [-0.05, 0) is 73.4 Å². The van der Waals surface area contributed by atoms with Gasteiger partial charge in [0.1, 0.15) is 0 Å². The van der Waals surface area contributed by atoms with Gasteiger partial charge >= 0.3 is 0 Å². The first-order chi connectivity index (χ1) is 17.8. The second kappa shape index (κ2) is 12.1. The molecule has 1 amide bonds. The quantitative estimate of drug-likeness (QED) is 0.258. The average molecular weight is 578 g/mol. The molecule has 7 nitrogen and oxygen atoms in total. The molecule has 1 saturated carbocycles. The van der Waals surface area contributed by atoms with Crippen LogP contribution >= 0.6 is 24.0 Å². The predicted molar refractivity (Wildman–Crippen MR) is 156 cm³/mol. The van der Waals surface area contributed by atoms with E-state index in [1.54, 1.807) is 12.3 Å². The van der Waals surface area contributed by atoms with Crippen LogP contribution in [0, 0.1) is 11.2 Å². The number of hydrogen-bond acceptors (Lipinski definition) is 6. The van der Waals surface area contributed by atoms with Crippen LogP contribution in [0.15, 0.2) is 36.5 Å². The number of ketones is 1. The molecule has 5 N–H and O–H groups in total. The van der Waals surface area contributed by atoms with Crippen molar-refractivity contribution in [1.29, 1.82) is 0 Å². The molecule has 1 aromatic heterocycles. The molecule has 0 unspecified atom stereocenters. The van der Waals surface area contributed by atoms with Crippen LogP contribution in [0.4, 0.5) is 10.1 Å². The summed E-state index contributed by atoms with van der Waals surface area (Å²) in [5.74, 6) is -1.66. The summed E-state index contributed by atoms with van der Waals surface area (Å²) >= 11 is 6.00. The minimum Gasteiger partial charge on any atom is -0.504 e. The van der Waals surface area contributed by atoms with Crippen molar-refractivity contribution in [2.24, 2.45) is 11.1 Å². The summed E-state index contributed by atoms with van der Waals surface area (Å²) in [6.07, 6.45) is 4.75. The van der Waals surface area contributed by atoms with Gasteiger partial charge in [-0.25, -0.2) is 4.39 Å². The van der Waals surface area contributed by atoms with Gasteiger partial charge in [-0.1, -0.05) is 38.4 Å². The number of pyridine rings is 1. The van der Waals surface area contributed by atoms with Crippen molar-refractivity contribution in [3.63, 3.8) is 0 Å². The number of carbonyl (C=O) groups is 2. The highest BCUT2D eigenvalue weighted by Gasteiger charge is 2.30. The molecule has 1 aliphatic carbocycles. The van der Waals surface area contributed by atoms with E-state index in [1.165, 1.54) is 19.1 Å². The first-order valence-electron chi connectivity index (χ1n) is 12.8. The fraction of sp³-hybridized carbons (Fsp3) is 0.414. The van der Waals surface area contributed by atoms with E-state index in [4.69, 9.17) is 17.3 Å². The number of aromatic hydroxyl groups is 1. The average Bonchev–Trinajstić information content (AvgIpc) is 2.86. The van der Waals surface area contributed by atoms with E-state index in [9.17, 15) is 19.1 Å². The van der Waals surface area contributed by atoms with Gasteiger partial charge in [-0.15, -0.1) is 12.4 Å². The number of carbonyl (C=O) groups excluding carboxylic acids is 2. The van der Waals surface area contributed by atoms with E-state index in [-0.39, 0.29) is 46.6 Å². The molecule has 0 radical (unpaired) electrons. The van der Waals surface area contributed by atoms with Gasteiger partial charge in [-0.2, -0.15) is 0 Å². The molecular weight excluding hydrogens is 542 g/mol. The number of aromatic nitrogens is 1. The Hall–Kier alpha value is -2.94. The number of nitrogens with two attached hydrogens (primary N) is 1. The highest BCUT2D eigenvalue weighted by molar-refractivity contribution is 6.32. The maximum atomic E-state index is 14.2. The van der Waals surface area contributed by atoms with E-state index < -0.39 is 17.6 Å². The summed E-state index contributed by atoms with van der Waals surface area (Å²) in [5.41, 5.74) is 8.80. The summed E-state index contributed by atoms with van der Waals surface area (Å²) < 4.78 is 14.2. The van der Waals surface area contributed by atoms with Crippen LogP contribution < -0.4 is 16.4 Å². The first-order valence-corrected chi connectivity index (χ1v) is 13.2. The molecule has 0 bridgehead atoms. The number of anilines is 1. The summed E-state index contributed by atoms with van der Waals surface area (Å²) in [7, 11) is 0. The van der Waals surface area contributed by atoms with E-state index in [0.717, 1.165) is 31.1 Å². The number of hydrogen-bond donors (Lipinski definition) is 4. The molecule has 210 valence electrons. The van der Waals surface area contributed by atoms with Crippen LogP contribution in [0.1, 0.15) is 63.7 Å². The molecule has 1 fully saturated rings. The number of benzene rings is 2. The maximum Gasteiger partial charge on any atom is 0.237 e. The number of nitrogens with zero attached hydrogens (tertiary/aromatic N) is 1. The predicted octanol–water partition coefficient (Wildman–Crippen LogP) is 6.24. The van der Waals surface area contributed by atoms with Gasteiger partial charge < -0.3 is 21.5 Å². The van der Waals surface area contributed by atoms with Crippen LogP contribution in [0.3, 0.4) is 0 Å². The number of amides is 1. The molecule has 3 aromatic rings. The highest BCUT2D eigenvalue weighted by atomic mass is 35.5. The normalized spacial score (nSPS) is 18.2. The van der Waals surface area contributed by atoms with Gasteiger partial charge in [-0.3, -0.25) is 14.6 Å². The van der Waals surface area contributed by atoms with Crippen molar-refractivity contribution in [3.8, 4) is 16.9 Å². The Morgan fingerprint density at radius 1 is 1.10 bits per heavy atom. The molecule has 0 spiro atoms. The topological polar surface area (TPSA) is 117 Å². The second-order valence-electron chi connectivity index (χ2n) is 11.2. The van der Waals surface area contributed by atoms with E-state index in [0.29, 0.717) is 27.9 Å². The zero-order valence-corrected chi connectivity index (χ0v) is 24.0. The summed E-state index contributed by atoms with van der Waals surface area (Å²) in [6, 6.07) is 7.73. The van der Waals surface area contributed by atoms with Crippen molar-refractivity contribution in [2.45, 2.75) is 71.5 Å². The van der Waals surface area contributed by atoms with Crippen LogP contribution in [0.5, 0.6) is 5.75 Å². The summed E-state index contributed by atoms with van der Waals surface area (Å²) in [4.78, 5) is 29.5. The van der Waals surface area contributed by atoms with Gasteiger partial charge in [0.2, 0.25) is 5.91 Å². The van der Waals surface area contributed by atoms with E-state index >= 15 is 0 Å². The second-order valence-corrected chi connectivity index (χ2v) is 11.6. The van der Waals surface area contributed by atoms with Gasteiger partial charge in [0, 0.05) is 23.7 Å². The molecular formula is C29H35Cl2FN4O3. The molecule has 0 saturated heterocycles. The first kappa shape index (κ1) is 30.6. The Morgan fingerprint density at radius 2 is 1.74 bits per heavy atom. The van der Waals surface area contributed by atoms with Gasteiger partial charge in [0.25, 0.3) is 0 Å². The number of Topliss-reactive ketones (excluding diaryl/α,β-unsaturated/α-hetero) is 1. The Balaban J connectivity index is 0.00000420. The van der Waals surface area contributed by atoms with Crippen LogP contribution in [0.2, 0.25) is 5.02 Å². The van der Waals surface area contributed by atoms with Crippen molar-refractivity contribution in [3.05, 3.63) is 52.9 Å². The third-order valence-corrected chi connectivity index (χ3v) is 7.52. The number of rotatable bonds is 6. The van der Waals surface area contributed by atoms with Gasteiger partial charge in [0.05, 0.1) is 27.8 Å². The Kier molecular flexibility index (Phi) is 9.47. The lowest BCUT2D eigenvalue weighted by Gasteiger charge is -2.33. The zero-order chi connectivity index (χ0) is 27.8. The Bertz CT molecular complexity index is 1360. The molecule has 1 heterocycles. The van der Waals surface area contributed by atoms with E-state index in [1.807, 2.05) is 32.9 Å². The molecule has 10 heteroatoms. The minimum atomic E-state index is -0.811. The van der Waals surface area contributed by atoms with Crippen molar-refractivity contribution >= 4 is 52.3 Å². The lowest BCUT2D eigenvalue weighted by atomic mass is 9.85. The third-order valence-electron chi connectivity index (χ3n) is 7.23. The monoisotopic (exact) mass is 576 g/mol. The van der Waals surface area contributed by atoms with Crippen molar-refractivity contribution in [1.82, 2.24) is 10.3 Å². The smallest absolute Gasteiger partial charge is 0.237 e. The van der Waals surface area contributed by atoms with Crippen molar-refractivity contribution < 1.29 is 19.1 Å². The summed E-state index contributed by atoms with van der Waals surface area (Å²) in [6.45, 7) is 7.34. The number of nitrogens with one attached hydrogen (secondary N) is 2. The number of fused-ring (bicyclic) bond motifs is 1. The number of halogens is 3. The molecule has 0 aliphatic heterocycles. The zero-order valence-electron chi connectivity index (χ0n) is 22.5. The van der Waals surface area contributed by atoms with Gasteiger partial charge in [0.15, 0.2) is 17.3 Å². The Labute approximate surface area is 239 Å². The van der Waals surface area contributed by atoms with Crippen LogP contribution in [0.25, 0.3) is 22.0 Å². The standard InChI is InChI=1S/C29H34ClFN4O3.ClH/c1-15(36)21-14-33-24-10-5-16(17-12-22(30)26(37)23(31)13-17)11-20(24)25(21)34-18-6-8-19(9-7-18)35-28(38)27(32)29(2,3)4;/h5,10-14,18-19,27,37H,6-9,32H2,1-4H3,(H,33,34)(H,35,38);1H/t18?,19?,27-;/m1./s1. The lowest BCUT2D eigenvalue weighted by Crippen LogP contribution is -2.52. The maximum absolute atomic E-state index is 14.2. The minimum absolute atomic E-state index is 0. The molecule has 2 aromatic carbocycles. The summed E-state index contributed by atoms with van der Waals surface area (Å²) in [5, 5.41) is 17.0. The third kappa shape index (κ3) is 6.80. The van der Waals surface area contributed by atoms with E-state index in [2.05, 4.69) is 15.6 Å². The fourth-order valence-corrected chi connectivity index (χ4v) is 5.01. The number of phenols is 1. The molecule has 1 atom stereocenters. The number of phenolic OH excluding ortho intramolecular Hbond substituents is 1. The van der Waals surface area contributed by atoms with Crippen LogP contribution in [-0.4, -0.2) is 39.9 Å². The molecule has 39 heavy (non-hydrogen) atoms. The SMILES string of the molecule is CC(=O)c1cnc2ccc(-c3cc(F)c(O)c(Cl)c3)cc2c1NC1CCC(NC(=O)[C@@H](N)C(C)(C)C)CC1.Cl. The molecule has 1 aliphatic rings. The fourth-order valence-electron chi connectivity index (χ4n) is 4.80. The largest absolute Gasteiger partial charge is 0.504 e. The van der Waals surface area contributed by atoms with Crippen molar-refractivity contribution in [2.75, 3.05) is 5.32 Å². The highest BCUT2D eigenvalue weighted by Crippen LogP contribution is 2.36.